The highest BCUT2D eigenvalue weighted by Gasteiger charge is 2.00. The van der Waals surface area contributed by atoms with Crippen LogP contribution in [0.1, 0.15) is 16.7 Å². The summed E-state index contributed by atoms with van der Waals surface area (Å²) < 4.78 is 11.3. The van der Waals surface area contributed by atoms with Gasteiger partial charge in [0, 0.05) is 27.6 Å². The fraction of sp³-hybridized carbons (Fsp3) is 0.235. The molecule has 0 radical (unpaired) electrons. The molecule has 0 saturated carbocycles. The molecule has 2 aromatic rings. The minimum Gasteiger partial charge on any atom is -0.370 e. The lowest BCUT2D eigenvalue weighted by atomic mass is 10.1. The number of aliphatic imine (C=N–C) groups is 1. The number of anilines is 1. The van der Waals surface area contributed by atoms with Crippen LogP contribution in [-0.4, -0.2) is 16.4 Å². The molecule has 2 rings (SSSR count). The normalized spacial score (nSPS) is 13.0. The van der Waals surface area contributed by atoms with Crippen LogP contribution in [0.5, 0.6) is 0 Å². The van der Waals surface area contributed by atoms with Crippen LogP contribution in [0.25, 0.3) is 0 Å². The topological polar surface area (TPSA) is 67.5 Å². The van der Waals surface area contributed by atoms with E-state index < -0.39 is 10.8 Å². The lowest BCUT2D eigenvalue weighted by molar-refractivity contribution is 0.687. The molecule has 0 amide bonds. The largest absolute Gasteiger partial charge is 0.370 e. The summed E-state index contributed by atoms with van der Waals surface area (Å²) in [7, 11) is -0.954. The Kier molecular flexibility index (Phi) is 5.33. The minimum atomic E-state index is -0.954. The molecular formula is C17H21N3OS. The van der Waals surface area contributed by atoms with Crippen LogP contribution < -0.4 is 11.1 Å². The third-order valence-electron chi connectivity index (χ3n) is 3.18. The van der Waals surface area contributed by atoms with Crippen LogP contribution in [-0.2, 0) is 17.3 Å². The molecule has 0 bridgehead atoms. The maximum atomic E-state index is 11.3. The zero-order chi connectivity index (χ0) is 16.1. The number of hydrogen-bond donors (Lipinski definition) is 2. The van der Waals surface area contributed by atoms with Crippen molar-refractivity contribution in [1.82, 2.24) is 0 Å². The first-order valence-electron chi connectivity index (χ1n) is 7.01. The fourth-order valence-electron chi connectivity index (χ4n) is 2.20. The Labute approximate surface area is 133 Å². The van der Waals surface area contributed by atoms with E-state index in [-0.39, 0.29) is 0 Å². The van der Waals surface area contributed by atoms with E-state index in [0.29, 0.717) is 12.5 Å². The third-order valence-corrected chi connectivity index (χ3v) is 4.12. The van der Waals surface area contributed by atoms with Gasteiger partial charge in [-0.05, 0) is 54.8 Å². The molecule has 1 unspecified atom stereocenters. The van der Waals surface area contributed by atoms with Crippen LogP contribution in [0, 0.1) is 13.8 Å². The predicted molar refractivity (Wildman–Crippen MR) is 93.6 cm³/mol. The molecule has 0 heterocycles. The molecule has 0 saturated heterocycles. The molecule has 0 aliphatic rings. The van der Waals surface area contributed by atoms with Crippen molar-refractivity contribution < 1.29 is 4.21 Å². The van der Waals surface area contributed by atoms with Gasteiger partial charge in [0.25, 0.3) is 0 Å². The van der Waals surface area contributed by atoms with E-state index in [2.05, 4.69) is 16.4 Å². The summed E-state index contributed by atoms with van der Waals surface area (Å²) in [6, 6.07) is 13.7. The number of hydrogen-bond acceptors (Lipinski definition) is 2. The number of nitrogens with one attached hydrogen (secondary N) is 1. The Bertz CT molecular complexity index is 688. The summed E-state index contributed by atoms with van der Waals surface area (Å²) in [5.74, 6) is 0.383. The first-order chi connectivity index (χ1) is 10.4. The summed E-state index contributed by atoms with van der Waals surface area (Å²) in [6.07, 6.45) is 1.67. The molecule has 0 aliphatic heterocycles. The van der Waals surface area contributed by atoms with Gasteiger partial charge in [0.15, 0.2) is 5.96 Å². The Balaban J connectivity index is 2.01. The van der Waals surface area contributed by atoms with Gasteiger partial charge in [-0.15, -0.1) is 0 Å². The van der Waals surface area contributed by atoms with Crippen molar-refractivity contribution in [3.63, 3.8) is 0 Å². The third kappa shape index (κ3) is 4.70. The molecule has 2 aromatic carbocycles. The van der Waals surface area contributed by atoms with Crippen molar-refractivity contribution in [2.75, 3.05) is 11.6 Å². The summed E-state index contributed by atoms with van der Waals surface area (Å²) in [5.41, 5.74) is 10.2. The highest BCUT2D eigenvalue weighted by molar-refractivity contribution is 7.84. The summed E-state index contributed by atoms with van der Waals surface area (Å²) in [5, 5.41) is 3.10. The zero-order valence-electron chi connectivity index (χ0n) is 13.1. The monoisotopic (exact) mass is 315 g/mol. The summed E-state index contributed by atoms with van der Waals surface area (Å²) in [4.78, 5) is 5.14. The maximum absolute atomic E-state index is 11.3. The number of nitrogens with zero attached hydrogens (tertiary/aromatic N) is 1. The van der Waals surface area contributed by atoms with E-state index in [0.717, 1.165) is 16.1 Å². The molecule has 0 spiro atoms. The van der Waals surface area contributed by atoms with Gasteiger partial charge in [-0.1, -0.05) is 18.2 Å². The minimum absolute atomic E-state index is 0.383. The quantitative estimate of drug-likeness (QED) is 0.673. The van der Waals surface area contributed by atoms with E-state index in [9.17, 15) is 4.21 Å². The van der Waals surface area contributed by atoms with E-state index in [1.165, 1.54) is 11.1 Å². The molecular weight excluding hydrogens is 294 g/mol. The first-order valence-corrected chi connectivity index (χ1v) is 8.57. The van der Waals surface area contributed by atoms with E-state index >= 15 is 0 Å². The molecule has 1 atom stereocenters. The van der Waals surface area contributed by atoms with E-state index in [1.54, 1.807) is 6.26 Å². The lowest BCUT2D eigenvalue weighted by Gasteiger charge is -2.08. The van der Waals surface area contributed by atoms with E-state index in [4.69, 9.17) is 5.73 Å². The van der Waals surface area contributed by atoms with Crippen molar-refractivity contribution in [3.8, 4) is 0 Å². The average Bonchev–Trinajstić information content (AvgIpc) is 2.44. The number of rotatable bonds is 4. The second kappa shape index (κ2) is 7.22. The van der Waals surface area contributed by atoms with Crippen LogP contribution in [0.2, 0.25) is 0 Å². The number of aryl methyl sites for hydroxylation is 2. The van der Waals surface area contributed by atoms with Gasteiger partial charge in [0.1, 0.15) is 0 Å². The maximum Gasteiger partial charge on any atom is 0.193 e. The van der Waals surface area contributed by atoms with Crippen molar-refractivity contribution in [3.05, 3.63) is 59.2 Å². The average molecular weight is 315 g/mol. The Morgan fingerprint density at radius 3 is 2.27 bits per heavy atom. The van der Waals surface area contributed by atoms with Gasteiger partial charge in [-0.2, -0.15) is 0 Å². The van der Waals surface area contributed by atoms with Gasteiger partial charge in [-0.25, -0.2) is 4.99 Å². The van der Waals surface area contributed by atoms with Crippen molar-refractivity contribution >= 4 is 22.4 Å². The molecule has 116 valence electrons. The van der Waals surface area contributed by atoms with Crippen molar-refractivity contribution in [2.45, 2.75) is 25.3 Å². The van der Waals surface area contributed by atoms with Gasteiger partial charge >= 0.3 is 0 Å². The van der Waals surface area contributed by atoms with Crippen molar-refractivity contribution in [1.29, 1.82) is 0 Å². The van der Waals surface area contributed by atoms with Crippen LogP contribution in [0.3, 0.4) is 0 Å². The summed E-state index contributed by atoms with van der Waals surface area (Å²) >= 11 is 0. The highest BCUT2D eigenvalue weighted by atomic mass is 32.2. The van der Waals surface area contributed by atoms with Crippen LogP contribution >= 0.6 is 0 Å². The summed E-state index contributed by atoms with van der Waals surface area (Å²) in [6.45, 7) is 4.58. The van der Waals surface area contributed by atoms with Crippen LogP contribution in [0.4, 0.5) is 5.69 Å². The van der Waals surface area contributed by atoms with Gasteiger partial charge < -0.3 is 11.1 Å². The number of guanidine groups is 1. The smallest absolute Gasteiger partial charge is 0.193 e. The lowest BCUT2D eigenvalue weighted by Crippen LogP contribution is -2.22. The Morgan fingerprint density at radius 2 is 1.73 bits per heavy atom. The van der Waals surface area contributed by atoms with Crippen LogP contribution in [0.15, 0.2) is 52.4 Å². The second-order valence-corrected chi connectivity index (χ2v) is 6.68. The molecule has 3 N–H and O–H groups in total. The standard InChI is InChI=1S/C17H21N3OS/c1-12-8-13(2)10-15(9-12)20-17(18)19-11-14-4-6-16(7-5-14)22(3)21/h4-10H,11H2,1-3H3,(H3,18,19,20). The Hall–Kier alpha value is -2.14. The molecule has 5 heteroatoms. The molecule has 0 aromatic heterocycles. The predicted octanol–water partition coefficient (Wildman–Crippen LogP) is 2.97. The SMILES string of the molecule is Cc1cc(C)cc(NC(N)=NCc2ccc(S(C)=O)cc2)c1. The first kappa shape index (κ1) is 16.2. The number of nitrogens with two attached hydrogens (primary N) is 1. The molecule has 0 fully saturated rings. The zero-order valence-corrected chi connectivity index (χ0v) is 13.9. The number of benzene rings is 2. The van der Waals surface area contributed by atoms with Gasteiger partial charge in [-0.3, -0.25) is 4.21 Å². The Morgan fingerprint density at radius 1 is 1.14 bits per heavy atom. The van der Waals surface area contributed by atoms with Crippen molar-refractivity contribution in [2.24, 2.45) is 10.7 Å². The fourth-order valence-corrected chi connectivity index (χ4v) is 2.72. The van der Waals surface area contributed by atoms with Gasteiger partial charge in [0.05, 0.1) is 6.54 Å². The molecule has 0 aliphatic carbocycles. The van der Waals surface area contributed by atoms with Gasteiger partial charge in [0.2, 0.25) is 0 Å². The van der Waals surface area contributed by atoms with E-state index in [1.807, 2.05) is 50.2 Å². The molecule has 22 heavy (non-hydrogen) atoms. The molecule has 4 nitrogen and oxygen atoms in total. The highest BCUT2D eigenvalue weighted by Crippen LogP contribution is 2.13. The second-order valence-electron chi connectivity index (χ2n) is 5.30.